The van der Waals surface area contributed by atoms with Crippen LogP contribution < -0.4 is 24.4 Å². The summed E-state index contributed by atoms with van der Waals surface area (Å²) in [7, 11) is 0. The van der Waals surface area contributed by atoms with Crippen LogP contribution in [0.15, 0.2) is 68.0 Å². The van der Waals surface area contributed by atoms with Gasteiger partial charge >= 0.3 is 11.9 Å². The Morgan fingerprint density at radius 1 is 1.18 bits per heavy atom. The van der Waals surface area contributed by atoms with E-state index < -0.39 is 18.0 Å². The minimum atomic E-state index is -0.740. The lowest BCUT2D eigenvalue weighted by molar-refractivity contribution is -0.139. The van der Waals surface area contributed by atoms with Gasteiger partial charge in [-0.05, 0) is 69.7 Å². The topological polar surface area (TPSA) is 96.2 Å². The number of nitrogens with zero attached hydrogens (tertiary/aromatic N) is 2. The van der Waals surface area contributed by atoms with E-state index in [4.69, 9.17) is 14.2 Å². The molecule has 0 N–H and O–H groups in total. The van der Waals surface area contributed by atoms with E-state index in [2.05, 4.69) is 20.9 Å². The van der Waals surface area contributed by atoms with Gasteiger partial charge in [0.05, 0.1) is 34.6 Å². The summed E-state index contributed by atoms with van der Waals surface area (Å²) >= 11 is 4.62. The number of hydrogen-bond acceptors (Lipinski definition) is 8. The number of allylic oxidation sites excluding steroid dienone is 1. The summed E-state index contributed by atoms with van der Waals surface area (Å²) in [5, 5.41) is 0. The standard InChI is InChI=1S/C28H27BrN2O6S/c1-6-35-27(34)24-16(4)30-28-31(25(24)18-7-10-21(11-8-18)36-15(2)3)26(33)23(38-28)14-19-13-20(29)9-12-22(19)37-17(5)32/h7-15,25H,6H2,1-5H3/b23-14-/t25-/m1/s1. The summed E-state index contributed by atoms with van der Waals surface area (Å²) in [5.74, 6) is 0.0112. The molecule has 10 heteroatoms. The van der Waals surface area contributed by atoms with Gasteiger partial charge in [0.1, 0.15) is 11.5 Å². The minimum Gasteiger partial charge on any atom is -0.491 e. The lowest BCUT2D eigenvalue weighted by Gasteiger charge is -2.25. The Morgan fingerprint density at radius 3 is 2.53 bits per heavy atom. The fourth-order valence-electron chi connectivity index (χ4n) is 4.13. The zero-order valence-electron chi connectivity index (χ0n) is 21.6. The first kappa shape index (κ1) is 27.5. The number of fused-ring (bicyclic) bond motifs is 1. The van der Waals surface area contributed by atoms with Crippen LogP contribution in [0.25, 0.3) is 6.08 Å². The Bertz CT molecular complexity index is 1600. The van der Waals surface area contributed by atoms with Crippen molar-refractivity contribution in [1.29, 1.82) is 0 Å². The smallest absolute Gasteiger partial charge is 0.338 e. The summed E-state index contributed by atoms with van der Waals surface area (Å²) in [6.07, 6.45) is 1.66. The molecule has 38 heavy (non-hydrogen) atoms. The van der Waals surface area contributed by atoms with Gasteiger partial charge in [0.15, 0.2) is 4.80 Å². The van der Waals surface area contributed by atoms with Crippen molar-refractivity contribution in [2.45, 2.75) is 46.8 Å². The molecule has 0 aliphatic carbocycles. The molecule has 1 aromatic heterocycles. The van der Waals surface area contributed by atoms with Crippen LogP contribution in [0.4, 0.5) is 0 Å². The first-order chi connectivity index (χ1) is 18.1. The zero-order valence-corrected chi connectivity index (χ0v) is 24.0. The number of carbonyl (C=O) groups excluding carboxylic acids is 2. The van der Waals surface area contributed by atoms with E-state index in [1.807, 2.05) is 38.1 Å². The average Bonchev–Trinajstić information content (AvgIpc) is 3.14. The molecule has 0 fully saturated rings. The molecule has 4 rings (SSSR count). The molecule has 2 aromatic carbocycles. The first-order valence-corrected chi connectivity index (χ1v) is 13.6. The van der Waals surface area contributed by atoms with Crippen molar-refractivity contribution < 1.29 is 23.8 Å². The molecule has 1 aliphatic heterocycles. The van der Waals surface area contributed by atoms with Gasteiger partial charge in [0.25, 0.3) is 5.56 Å². The molecule has 0 amide bonds. The fourth-order valence-corrected chi connectivity index (χ4v) is 5.55. The molecule has 2 heterocycles. The third kappa shape index (κ3) is 5.81. The number of halogens is 1. The van der Waals surface area contributed by atoms with Crippen LogP contribution >= 0.6 is 27.3 Å². The van der Waals surface area contributed by atoms with Gasteiger partial charge in [0.2, 0.25) is 0 Å². The first-order valence-electron chi connectivity index (χ1n) is 12.0. The normalized spacial score (nSPS) is 15.2. The number of carbonyl (C=O) groups is 2. The van der Waals surface area contributed by atoms with E-state index in [1.165, 1.54) is 22.8 Å². The van der Waals surface area contributed by atoms with Crippen molar-refractivity contribution in [3.05, 3.63) is 89.0 Å². The second-order valence-electron chi connectivity index (χ2n) is 8.81. The number of esters is 2. The molecule has 0 saturated heterocycles. The second kappa shape index (κ2) is 11.5. The number of aromatic nitrogens is 1. The van der Waals surface area contributed by atoms with Crippen LogP contribution in [0.1, 0.15) is 51.8 Å². The van der Waals surface area contributed by atoms with Crippen LogP contribution in [0.5, 0.6) is 11.5 Å². The number of hydrogen-bond donors (Lipinski definition) is 0. The van der Waals surface area contributed by atoms with E-state index >= 15 is 0 Å². The molecular weight excluding hydrogens is 572 g/mol. The van der Waals surface area contributed by atoms with Crippen molar-refractivity contribution in [3.8, 4) is 11.5 Å². The van der Waals surface area contributed by atoms with Crippen LogP contribution in [-0.4, -0.2) is 29.2 Å². The van der Waals surface area contributed by atoms with Crippen molar-refractivity contribution in [1.82, 2.24) is 4.57 Å². The fraction of sp³-hybridized carbons (Fsp3) is 0.286. The zero-order chi connectivity index (χ0) is 27.6. The third-order valence-electron chi connectivity index (χ3n) is 5.60. The highest BCUT2D eigenvalue weighted by Crippen LogP contribution is 2.32. The Morgan fingerprint density at radius 2 is 1.89 bits per heavy atom. The number of thiazole rings is 1. The highest BCUT2D eigenvalue weighted by Gasteiger charge is 2.33. The monoisotopic (exact) mass is 598 g/mol. The summed E-state index contributed by atoms with van der Waals surface area (Å²) < 4.78 is 19.1. The van der Waals surface area contributed by atoms with E-state index in [0.717, 1.165) is 4.47 Å². The molecule has 1 aliphatic rings. The molecular formula is C28H27BrN2O6S. The van der Waals surface area contributed by atoms with E-state index in [0.29, 0.717) is 43.2 Å². The van der Waals surface area contributed by atoms with E-state index in [1.54, 1.807) is 38.1 Å². The van der Waals surface area contributed by atoms with Gasteiger partial charge in [-0.3, -0.25) is 14.2 Å². The number of ether oxygens (including phenoxy) is 3. The van der Waals surface area contributed by atoms with Crippen molar-refractivity contribution >= 4 is 45.3 Å². The molecule has 0 spiro atoms. The van der Waals surface area contributed by atoms with Gasteiger partial charge < -0.3 is 14.2 Å². The maximum atomic E-state index is 13.8. The maximum Gasteiger partial charge on any atom is 0.338 e. The van der Waals surface area contributed by atoms with Crippen molar-refractivity contribution in [2.24, 2.45) is 4.99 Å². The van der Waals surface area contributed by atoms with Gasteiger partial charge in [-0.15, -0.1) is 0 Å². The predicted octanol–water partition coefficient (Wildman–Crippen LogP) is 4.27. The SMILES string of the molecule is CCOC(=O)C1=C(C)N=c2s/c(=C\c3cc(Br)ccc3OC(C)=O)c(=O)n2[C@@H]1c1ccc(OC(C)C)cc1. The molecule has 0 radical (unpaired) electrons. The summed E-state index contributed by atoms with van der Waals surface area (Å²) in [6, 6.07) is 11.7. The maximum absolute atomic E-state index is 13.8. The lowest BCUT2D eigenvalue weighted by Crippen LogP contribution is -2.39. The van der Waals surface area contributed by atoms with Gasteiger partial charge in [0, 0.05) is 17.0 Å². The Balaban J connectivity index is 1.92. The molecule has 1 atom stereocenters. The van der Waals surface area contributed by atoms with E-state index in [9.17, 15) is 14.4 Å². The molecule has 8 nitrogen and oxygen atoms in total. The van der Waals surface area contributed by atoms with Gasteiger partial charge in [-0.25, -0.2) is 9.79 Å². The Kier molecular flexibility index (Phi) is 8.32. The molecule has 0 unspecified atom stereocenters. The van der Waals surface area contributed by atoms with Gasteiger partial charge in [-0.1, -0.05) is 39.4 Å². The van der Waals surface area contributed by atoms with Crippen LogP contribution in [0.2, 0.25) is 0 Å². The van der Waals surface area contributed by atoms with Gasteiger partial charge in [-0.2, -0.15) is 0 Å². The number of benzene rings is 2. The molecule has 0 saturated carbocycles. The summed E-state index contributed by atoms with van der Waals surface area (Å²) in [6.45, 7) is 8.85. The molecule has 3 aromatic rings. The van der Waals surface area contributed by atoms with Crippen LogP contribution in [0, 0.1) is 0 Å². The van der Waals surface area contributed by atoms with Crippen molar-refractivity contribution in [3.63, 3.8) is 0 Å². The average molecular weight is 600 g/mol. The molecule has 198 valence electrons. The highest BCUT2D eigenvalue weighted by atomic mass is 79.9. The van der Waals surface area contributed by atoms with Crippen molar-refractivity contribution in [2.75, 3.05) is 6.61 Å². The Labute approximate surface area is 232 Å². The quantitative estimate of drug-likeness (QED) is 0.297. The highest BCUT2D eigenvalue weighted by molar-refractivity contribution is 9.10. The number of rotatable bonds is 7. The Hall–Kier alpha value is -3.50. The summed E-state index contributed by atoms with van der Waals surface area (Å²) in [4.78, 5) is 43.6. The second-order valence-corrected chi connectivity index (χ2v) is 10.7. The van der Waals surface area contributed by atoms with E-state index in [-0.39, 0.29) is 18.3 Å². The minimum absolute atomic E-state index is 0.00523. The summed E-state index contributed by atoms with van der Waals surface area (Å²) in [5.41, 5.74) is 1.71. The molecule has 0 bridgehead atoms. The predicted molar refractivity (Wildman–Crippen MR) is 148 cm³/mol. The third-order valence-corrected chi connectivity index (χ3v) is 7.07. The largest absolute Gasteiger partial charge is 0.491 e. The van der Waals surface area contributed by atoms with Crippen LogP contribution in [-0.2, 0) is 14.3 Å². The van der Waals surface area contributed by atoms with Crippen LogP contribution in [0.3, 0.4) is 0 Å². The lowest BCUT2D eigenvalue weighted by atomic mass is 9.96.